The van der Waals surface area contributed by atoms with Gasteiger partial charge in [-0.15, -0.1) is 0 Å². The molecule has 1 fully saturated rings. The lowest BCUT2D eigenvalue weighted by Gasteiger charge is -2.20. The highest BCUT2D eigenvalue weighted by atomic mass is 32.2. The number of rotatable bonds is 5. The van der Waals surface area contributed by atoms with Gasteiger partial charge in [-0.05, 0) is 31.9 Å². The Balaban J connectivity index is 1.84. The summed E-state index contributed by atoms with van der Waals surface area (Å²) >= 11 is 0. The van der Waals surface area contributed by atoms with Crippen LogP contribution >= 0.6 is 0 Å². The van der Waals surface area contributed by atoms with Crippen LogP contribution in [0.5, 0.6) is 0 Å². The Labute approximate surface area is 140 Å². The Bertz CT molecular complexity index is 864. The van der Waals surface area contributed by atoms with Gasteiger partial charge < -0.3 is 0 Å². The zero-order valence-corrected chi connectivity index (χ0v) is 14.2. The zero-order chi connectivity index (χ0) is 17.3. The number of aryl methyl sites for hydroxylation is 1. The Kier molecular flexibility index (Phi) is 4.23. The molecule has 0 atom stereocenters. The van der Waals surface area contributed by atoms with Gasteiger partial charge in [0.15, 0.2) is 0 Å². The molecule has 1 aromatic carbocycles. The van der Waals surface area contributed by atoms with Gasteiger partial charge in [-0.3, -0.25) is 9.10 Å². The van der Waals surface area contributed by atoms with Crippen LogP contribution in [0.2, 0.25) is 0 Å². The molecule has 0 aliphatic heterocycles. The van der Waals surface area contributed by atoms with E-state index in [4.69, 9.17) is 0 Å². The quantitative estimate of drug-likeness (QED) is 0.891. The number of hydrogen-bond donors (Lipinski definition) is 1. The van der Waals surface area contributed by atoms with E-state index in [-0.39, 0.29) is 11.5 Å². The number of hydrogen-bond acceptors (Lipinski definition) is 5. The van der Waals surface area contributed by atoms with Crippen molar-refractivity contribution in [3.05, 3.63) is 53.6 Å². The average Bonchev–Trinajstić information content (AvgIpc) is 3.39. The second kappa shape index (κ2) is 6.20. The van der Waals surface area contributed by atoms with Crippen molar-refractivity contribution in [3.8, 4) is 0 Å². The molecule has 7 nitrogen and oxygen atoms in total. The number of para-hydroxylation sites is 1. The fourth-order valence-electron chi connectivity index (χ4n) is 2.35. The van der Waals surface area contributed by atoms with Crippen molar-refractivity contribution in [3.63, 3.8) is 0 Å². The van der Waals surface area contributed by atoms with Crippen LogP contribution in [0.4, 0.5) is 5.69 Å². The predicted octanol–water partition coefficient (Wildman–Crippen LogP) is 1.77. The number of amides is 1. The van der Waals surface area contributed by atoms with Crippen LogP contribution in [0.15, 0.2) is 36.5 Å². The van der Waals surface area contributed by atoms with Crippen molar-refractivity contribution in [2.75, 3.05) is 11.4 Å². The molecule has 1 aromatic heterocycles. The molecule has 0 saturated heterocycles. The van der Waals surface area contributed by atoms with Crippen LogP contribution in [0, 0.1) is 6.92 Å². The molecule has 1 aliphatic carbocycles. The third-order valence-electron chi connectivity index (χ3n) is 3.85. The molecule has 2 aromatic rings. The number of aromatic nitrogens is 2. The lowest BCUT2D eigenvalue weighted by Crippen LogP contribution is -2.42. The maximum absolute atomic E-state index is 12.5. The Morgan fingerprint density at radius 2 is 1.92 bits per heavy atom. The summed E-state index contributed by atoms with van der Waals surface area (Å²) in [6.45, 7) is 1.74. The minimum Gasteiger partial charge on any atom is -0.268 e. The Morgan fingerprint density at radius 1 is 1.25 bits per heavy atom. The number of nitrogens with zero attached hydrogens (tertiary/aromatic N) is 3. The third kappa shape index (κ3) is 3.38. The summed E-state index contributed by atoms with van der Waals surface area (Å²) in [4.78, 5) is 20.8. The van der Waals surface area contributed by atoms with Gasteiger partial charge in [0, 0.05) is 19.2 Å². The molecule has 1 amide bonds. The van der Waals surface area contributed by atoms with Gasteiger partial charge in [0.2, 0.25) is 0 Å². The molecule has 0 unspecified atom stereocenters. The monoisotopic (exact) mass is 346 g/mol. The van der Waals surface area contributed by atoms with Crippen LogP contribution in [0.3, 0.4) is 0 Å². The van der Waals surface area contributed by atoms with Crippen molar-refractivity contribution in [2.45, 2.75) is 25.7 Å². The molecule has 8 heteroatoms. The van der Waals surface area contributed by atoms with E-state index in [1.165, 1.54) is 13.2 Å². The van der Waals surface area contributed by atoms with E-state index in [0.29, 0.717) is 17.2 Å². The molecule has 3 rings (SSSR count). The van der Waals surface area contributed by atoms with Gasteiger partial charge in [-0.2, -0.15) is 8.42 Å². The van der Waals surface area contributed by atoms with Crippen LogP contribution in [-0.2, 0) is 10.2 Å². The SMILES string of the molecule is Cc1ncc(C(=O)NS(=O)(=O)N(C)c2ccccc2)c(C2CC2)n1. The van der Waals surface area contributed by atoms with Gasteiger partial charge in [-0.1, -0.05) is 18.2 Å². The molecule has 0 bridgehead atoms. The first-order valence-electron chi connectivity index (χ1n) is 7.58. The van der Waals surface area contributed by atoms with Crippen LogP contribution in [0.1, 0.15) is 40.6 Å². The minimum absolute atomic E-state index is 0.210. The molecule has 1 heterocycles. The summed E-state index contributed by atoms with van der Waals surface area (Å²) in [5.41, 5.74) is 1.30. The summed E-state index contributed by atoms with van der Waals surface area (Å²) in [5, 5.41) is 0. The maximum atomic E-state index is 12.5. The first kappa shape index (κ1) is 16.4. The molecule has 24 heavy (non-hydrogen) atoms. The highest BCUT2D eigenvalue weighted by molar-refractivity contribution is 7.91. The number of anilines is 1. The predicted molar refractivity (Wildman–Crippen MR) is 90.0 cm³/mol. The first-order valence-corrected chi connectivity index (χ1v) is 9.02. The van der Waals surface area contributed by atoms with Crippen molar-refractivity contribution >= 4 is 21.8 Å². The molecule has 1 saturated carbocycles. The summed E-state index contributed by atoms with van der Waals surface area (Å²) in [6, 6.07) is 8.53. The second-order valence-electron chi connectivity index (χ2n) is 5.73. The second-order valence-corrected chi connectivity index (χ2v) is 7.43. The highest BCUT2D eigenvalue weighted by Gasteiger charge is 2.32. The summed E-state index contributed by atoms with van der Waals surface area (Å²) < 4.78 is 28.0. The number of carbonyl (C=O) groups is 1. The van der Waals surface area contributed by atoms with E-state index in [0.717, 1.165) is 17.1 Å². The fourth-order valence-corrected chi connectivity index (χ4v) is 3.23. The van der Waals surface area contributed by atoms with Crippen LogP contribution in [-0.4, -0.2) is 31.3 Å². The Morgan fingerprint density at radius 3 is 2.54 bits per heavy atom. The lowest BCUT2D eigenvalue weighted by atomic mass is 10.1. The van der Waals surface area contributed by atoms with E-state index >= 15 is 0 Å². The van der Waals surface area contributed by atoms with Crippen molar-refractivity contribution in [1.29, 1.82) is 0 Å². The number of carbonyl (C=O) groups excluding carboxylic acids is 1. The molecular formula is C16H18N4O3S. The van der Waals surface area contributed by atoms with Crippen molar-refractivity contribution < 1.29 is 13.2 Å². The fraction of sp³-hybridized carbons (Fsp3) is 0.312. The van der Waals surface area contributed by atoms with Gasteiger partial charge in [0.25, 0.3) is 5.91 Å². The molecule has 0 radical (unpaired) electrons. The standard InChI is InChI=1S/C16H18N4O3S/c1-11-17-10-14(15(18-11)12-8-9-12)16(21)19-24(22,23)20(2)13-6-4-3-5-7-13/h3-7,10,12H,8-9H2,1-2H3,(H,19,21). The average molecular weight is 346 g/mol. The lowest BCUT2D eigenvalue weighted by molar-refractivity contribution is 0.0979. The molecule has 126 valence electrons. The number of nitrogens with one attached hydrogen (secondary N) is 1. The van der Waals surface area contributed by atoms with E-state index in [1.807, 2.05) is 0 Å². The third-order valence-corrected chi connectivity index (χ3v) is 5.22. The topological polar surface area (TPSA) is 92.3 Å². The zero-order valence-electron chi connectivity index (χ0n) is 13.4. The highest BCUT2D eigenvalue weighted by Crippen LogP contribution is 2.40. The van der Waals surface area contributed by atoms with Crippen LogP contribution in [0.25, 0.3) is 0 Å². The number of benzene rings is 1. The van der Waals surface area contributed by atoms with E-state index in [2.05, 4.69) is 14.7 Å². The summed E-state index contributed by atoms with van der Waals surface area (Å²) in [5.74, 6) is 0.0689. The van der Waals surface area contributed by atoms with Gasteiger partial charge in [-0.25, -0.2) is 14.7 Å². The molecular weight excluding hydrogens is 328 g/mol. The molecule has 1 N–H and O–H groups in total. The van der Waals surface area contributed by atoms with Crippen LogP contribution < -0.4 is 9.03 Å². The van der Waals surface area contributed by atoms with E-state index in [1.54, 1.807) is 37.3 Å². The largest absolute Gasteiger partial charge is 0.326 e. The van der Waals surface area contributed by atoms with Gasteiger partial charge in [0.1, 0.15) is 5.82 Å². The van der Waals surface area contributed by atoms with Gasteiger partial charge in [0.05, 0.1) is 16.9 Å². The normalized spacial score (nSPS) is 14.2. The first-order chi connectivity index (χ1) is 11.4. The molecule has 1 aliphatic rings. The van der Waals surface area contributed by atoms with E-state index < -0.39 is 16.1 Å². The maximum Gasteiger partial charge on any atom is 0.326 e. The van der Waals surface area contributed by atoms with Crippen molar-refractivity contribution in [2.24, 2.45) is 0 Å². The minimum atomic E-state index is -4.01. The van der Waals surface area contributed by atoms with Crippen molar-refractivity contribution in [1.82, 2.24) is 14.7 Å². The summed E-state index contributed by atoms with van der Waals surface area (Å²) in [7, 11) is -2.63. The Hall–Kier alpha value is -2.48. The smallest absolute Gasteiger partial charge is 0.268 e. The van der Waals surface area contributed by atoms with E-state index in [9.17, 15) is 13.2 Å². The summed E-state index contributed by atoms with van der Waals surface area (Å²) in [6.07, 6.45) is 3.30. The molecule has 0 spiro atoms. The van der Waals surface area contributed by atoms with Gasteiger partial charge >= 0.3 is 10.2 Å².